The third-order valence-electron chi connectivity index (χ3n) is 2.48. The molecule has 0 spiro atoms. The van der Waals surface area contributed by atoms with Crippen LogP contribution in [0.1, 0.15) is 15.9 Å². The molecule has 8 heteroatoms. The van der Waals surface area contributed by atoms with Gasteiger partial charge in [0.2, 0.25) is 5.95 Å². The van der Waals surface area contributed by atoms with Crippen molar-refractivity contribution in [3.63, 3.8) is 0 Å². The van der Waals surface area contributed by atoms with Crippen LogP contribution in [0.15, 0.2) is 35.5 Å². The number of carbonyl (C=O) groups is 1. The molecule has 0 unspecified atom stereocenters. The highest BCUT2D eigenvalue weighted by Crippen LogP contribution is 2.17. The first kappa shape index (κ1) is 13.1. The maximum atomic E-state index is 12.0. The van der Waals surface area contributed by atoms with Crippen LogP contribution in [0.3, 0.4) is 0 Å². The number of aromatic amines is 1. The molecule has 3 N–H and O–H groups in total. The Morgan fingerprint density at radius 3 is 2.74 bits per heavy atom. The van der Waals surface area contributed by atoms with Crippen LogP contribution in [0.2, 0.25) is 0 Å². The second kappa shape index (κ2) is 4.73. The van der Waals surface area contributed by atoms with Crippen molar-refractivity contribution in [2.24, 2.45) is 0 Å². The molecule has 1 aromatic carbocycles. The van der Waals surface area contributed by atoms with Gasteiger partial charge in [0.1, 0.15) is 0 Å². The molecule has 0 aliphatic rings. The van der Waals surface area contributed by atoms with Crippen molar-refractivity contribution in [1.29, 1.82) is 0 Å². The number of carboxylic acid groups (broad SMARTS) is 1. The number of hydrogen-bond donors (Lipinski definition) is 3. The largest absolute Gasteiger partial charge is 0.478 e. The fourth-order valence-corrected chi connectivity index (χ4v) is 2.51. The van der Waals surface area contributed by atoms with E-state index < -0.39 is 16.0 Å². The number of carboxylic acids is 1. The summed E-state index contributed by atoms with van der Waals surface area (Å²) in [5, 5.41) is 8.98. The number of H-pyrrole nitrogens is 1. The molecule has 0 amide bonds. The van der Waals surface area contributed by atoms with Crippen LogP contribution in [-0.4, -0.2) is 29.5 Å². The summed E-state index contributed by atoms with van der Waals surface area (Å²) in [6, 6.07) is 3.90. The van der Waals surface area contributed by atoms with Gasteiger partial charge in [-0.25, -0.2) is 22.9 Å². The molecule has 0 saturated carbocycles. The van der Waals surface area contributed by atoms with E-state index in [9.17, 15) is 13.2 Å². The standard InChI is InChI=1S/C11H11N3O4S/c1-7-2-3-8(6-9(7)10(15)16)19(17,18)14-11-12-4-5-13-11/h2-6H,1H3,(H,15,16)(H2,12,13,14). The van der Waals surface area contributed by atoms with Crippen LogP contribution in [0.5, 0.6) is 0 Å². The van der Waals surface area contributed by atoms with Crippen molar-refractivity contribution in [3.05, 3.63) is 41.7 Å². The fourth-order valence-electron chi connectivity index (χ4n) is 1.51. The number of rotatable bonds is 4. The predicted molar refractivity (Wildman–Crippen MR) is 67.5 cm³/mol. The molecule has 0 aliphatic carbocycles. The molecule has 0 atom stereocenters. The lowest BCUT2D eigenvalue weighted by Crippen LogP contribution is -2.15. The summed E-state index contributed by atoms with van der Waals surface area (Å²) in [6.07, 6.45) is 2.87. The molecule has 0 radical (unpaired) electrons. The monoisotopic (exact) mass is 281 g/mol. The molecule has 1 heterocycles. The van der Waals surface area contributed by atoms with E-state index in [0.29, 0.717) is 5.56 Å². The van der Waals surface area contributed by atoms with Crippen molar-refractivity contribution in [2.75, 3.05) is 4.72 Å². The number of imidazole rings is 1. The lowest BCUT2D eigenvalue weighted by molar-refractivity contribution is 0.0696. The van der Waals surface area contributed by atoms with Crippen molar-refractivity contribution < 1.29 is 18.3 Å². The van der Waals surface area contributed by atoms with E-state index in [1.54, 1.807) is 6.92 Å². The van der Waals surface area contributed by atoms with Gasteiger partial charge in [-0.2, -0.15) is 0 Å². The topological polar surface area (TPSA) is 112 Å². The van der Waals surface area contributed by atoms with Gasteiger partial charge in [-0.15, -0.1) is 0 Å². The average Bonchev–Trinajstić information content (AvgIpc) is 2.80. The van der Waals surface area contributed by atoms with E-state index in [-0.39, 0.29) is 16.4 Å². The highest BCUT2D eigenvalue weighted by atomic mass is 32.2. The number of nitrogens with zero attached hydrogens (tertiary/aromatic N) is 1. The van der Waals surface area contributed by atoms with Crippen LogP contribution in [-0.2, 0) is 10.0 Å². The summed E-state index contributed by atoms with van der Waals surface area (Å²) in [7, 11) is -3.86. The molecule has 0 bridgehead atoms. The average molecular weight is 281 g/mol. The summed E-state index contributed by atoms with van der Waals surface area (Å²) in [5.74, 6) is -1.11. The Morgan fingerprint density at radius 1 is 1.42 bits per heavy atom. The van der Waals surface area contributed by atoms with Crippen molar-refractivity contribution in [1.82, 2.24) is 9.97 Å². The number of hydrogen-bond acceptors (Lipinski definition) is 4. The van der Waals surface area contributed by atoms with Crippen molar-refractivity contribution >= 4 is 21.9 Å². The van der Waals surface area contributed by atoms with Crippen LogP contribution in [0.25, 0.3) is 0 Å². The Balaban J connectivity index is 2.41. The Bertz CT molecular complexity index is 708. The second-order valence-electron chi connectivity index (χ2n) is 3.83. The summed E-state index contributed by atoms with van der Waals surface area (Å²) >= 11 is 0. The maximum Gasteiger partial charge on any atom is 0.335 e. The zero-order chi connectivity index (χ0) is 14.0. The smallest absolute Gasteiger partial charge is 0.335 e. The normalized spacial score (nSPS) is 11.2. The summed E-state index contributed by atoms with van der Waals surface area (Å²) in [5.41, 5.74) is 0.437. The molecule has 7 nitrogen and oxygen atoms in total. The van der Waals surface area contributed by atoms with E-state index in [1.165, 1.54) is 24.5 Å². The first-order chi connectivity index (χ1) is 8.90. The van der Waals surface area contributed by atoms with Gasteiger partial charge in [-0.1, -0.05) is 6.07 Å². The lowest BCUT2D eigenvalue weighted by Gasteiger charge is -2.07. The maximum absolute atomic E-state index is 12.0. The van der Waals surface area contributed by atoms with E-state index >= 15 is 0 Å². The highest BCUT2D eigenvalue weighted by molar-refractivity contribution is 7.92. The molecule has 2 rings (SSSR count). The minimum atomic E-state index is -3.86. The van der Waals surface area contributed by atoms with Gasteiger partial charge in [0.25, 0.3) is 10.0 Å². The van der Waals surface area contributed by atoms with Gasteiger partial charge in [0.15, 0.2) is 0 Å². The van der Waals surface area contributed by atoms with Gasteiger partial charge < -0.3 is 10.1 Å². The first-order valence-corrected chi connectivity index (χ1v) is 6.74. The van der Waals surface area contributed by atoms with Crippen molar-refractivity contribution in [2.45, 2.75) is 11.8 Å². The summed E-state index contributed by atoms with van der Waals surface area (Å²) < 4.78 is 26.3. The number of nitrogens with one attached hydrogen (secondary N) is 2. The summed E-state index contributed by atoms with van der Waals surface area (Å²) in [4.78, 5) is 17.2. The molecular weight excluding hydrogens is 270 g/mol. The SMILES string of the molecule is Cc1ccc(S(=O)(=O)Nc2ncc[nH]2)cc1C(=O)O. The number of aromatic carboxylic acids is 1. The predicted octanol–water partition coefficient (Wildman–Crippen LogP) is 1.22. The van der Waals surface area contributed by atoms with Crippen LogP contribution in [0, 0.1) is 6.92 Å². The number of benzene rings is 1. The van der Waals surface area contributed by atoms with Gasteiger partial charge in [0, 0.05) is 12.4 Å². The van der Waals surface area contributed by atoms with Crippen LogP contribution >= 0.6 is 0 Å². The molecule has 1 aromatic heterocycles. The number of sulfonamides is 1. The third kappa shape index (κ3) is 2.74. The third-order valence-corrected chi connectivity index (χ3v) is 3.82. The number of aryl methyl sites for hydroxylation is 1. The molecule has 100 valence electrons. The van der Waals surface area contributed by atoms with Crippen LogP contribution in [0.4, 0.5) is 5.95 Å². The van der Waals surface area contributed by atoms with E-state index in [1.807, 2.05) is 0 Å². The minimum Gasteiger partial charge on any atom is -0.478 e. The Morgan fingerprint density at radius 2 is 2.16 bits per heavy atom. The van der Waals surface area contributed by atoms with Gasteiger partial charge in [0.05, 0.1) is 10.5 Å². The zero-order valence-corrected chi connectivity index (χ0v) is 10.7. The van der Waals surface area contributed by atoms with Gasteiger partial charge in [-0.05, 0) is 24.6 Å². The van der Waals surface area contributed by atoms with E-state index in [4.69, 9.17) is 5.11 Å². The molecule has 2 aromatic rings. The number of aromatic nitrogens is 2. The number of anilines is 1. The van der Waals surface area contributed by atoms with E-state index in [2.05, 4.69) is 14.7 Å². The Hall–Kier alpha value is -2.35. The summed E-state index contributed by atoms with van der Waals surface area (Å²) in [6.45, 7) is 1.60. The molecule has 0 saturated heterocycles. The Kier molecular flexibility index (Phi) is 3.26. The zero-order valence-electron chi connectivity index (χ0n) is 9.91. The van der Waals surface area contributed by atoms with Crippen molar-refractivity contribution in [3.8, 4) is 0 Å². The second-order valence-corrected chi connectivity index (χ2v) is 5.51. The van der Waals surface area contributed by atoms with Gasteiger partial charge in [-0.3, -0.25) is 0 Å². The quantitative estimate of drug-likeness (QED) is 0.780. The van der Waals surface area contributed by atoms with Crippen LogP contribution < -0.4 is 4.72 Å². The molecule has 0 fully saturated rings. The van der Waals surface area contributed by atoms with Gasteiger partial charge >= 0.3 is 5.97 Å². The van der Waals surface area contributed by atoms with E-state index in [0.717, 1.165) is 6.07 Å². The minimum absolute atomic E-state index is 0.0534. The molecular formula is C11H11N3O4S. The Labute approximate surface area is 109 Å². The lowest BCUT2D eigenvalue weighted by atomic mass is 10.1. The molecule has 0 aliphatic heterocycles. The molecule has 19 heavy (non-hydrogen) atoms. The fraction of sp³-hybridized carbons (Fsp3) is 0.0909. The highest BCUT2D eigenvalue weighted by Gasteiger charge is 2.18. The first-order valence-electron chi connectivity index (χ1n) is 5.26.